The number of carbonyl (C=O) groups is 1. The summed E-state index contributed by atoms with van der Waals surface area (Å²) in [4.78, 5) is 10.5. The van der Waals surface area contributed by atoms with Crippen LogP contribution in [0, 0.1) is 5.92 Å². The molecular weight excluding hydrogens is 168 g/mol. The van der Waals surface area contributed by atoms with Gasteiger partial charge in [-0.3, -0.25) is 4.79 Å². The highest BCUT2D eigenvalue weighted by molar-refractivity contribution is 5.67. The lowest BCUT2D eigenvalue weighted by atomic mass is 9.98. The van der Waals surface area contributed by atoms with Gasteiger partial charge in [-0.25, -0.2) is 0 Å². The summed E-state index contributed by atoms with van der Waals surface area (Å²) in [5, 5.41) is 8.61. The van der Waals surface area contributed by atoms with Crippen molar-refractivity contribution < 1.29 is 14.6 Å². The Bertz CT molecular complexity index is 162. The zero-order valence-electron chi connectivity index (χ0n) is 8.16. The summed E-state index contributed by atoms with van der Waals surface area (Å²) in [6.45, 7) is 0. The van der Waals surface area contributed by atoms with Crippen LogP contribution < -0.4 is 0 Å². The van der Waals surface area contributed by atoms with E-state index in [1.165, 1.54) is 25.7 Å². The van der Waals surface area contributed by atoms with Crippen LogP contribution in [-0.4, -0.2) is 24.3 Å². The molecule has 0 amide bonds. The average Bonchev–Trinajstić information content (AvgIpc) is 2.55. The summed E-state index contributed by atoms with van der Waals surface area (Å²) >= 11 is 0. The molecule has 0 heterocycles. The van der Waals surface area contributed by atoms with Crippen LogP contribution in [0.5, 0.6) is 0 Å². The van der Waals surface area contributed by atoms with E-state index in [9.17, 15) is 4.79 Å². The second-order valence-electron chi connectivity index (χ2n) is 3.84. The topological polar surface area (TPSA) is 46.5 Å². The van der Waals surface area contributed by atoms with E-state index < -0.39 is 5.97 Å². The van der Waals surface area contributed by atoms with Crippen molar-refractivity contribution in [1.82, 2.24) is 0 Å². The maximum atomic E-state index is 10.5. The molecule has 1 rings (SSSR count). The summed E-state index contributed by atoms with van der Waals surface area (Å²) in [6.07, 6.45) is 6.08. The molecule has 0 aromatic rings. The van der Waals surface area contributed by atoms with Crippen LogP contribution in [0.4, 0.5) is 0 Å². The van der Waals surface area contributed by atoms with Gasteiger partial charge in [0.1, 0.15) is 0 Å². The lowest BCUT2D eigenvalue weighted by Gasteiger charge is -2.16. The highest BCUT2D eigenvalue weighted by atomic mass is 16.5. The van der Waals surface area contributed by atoms with E-state index in [4.69, 9.17) is 9.84 Å². The standard InChI is InChI=1S/C10H18O3/c1-13-9(7-10(11)12)6-8-4-2-3-5-8/h8-9H,2-7H2,1H3,(H,11,12). The smallest absolute Gasteiger partial charge is 0.305 e. The summed E-state index contributed by atoms with van der Waals surface area (Å²) in [5.74, 6) is -0.0610. The van der Waals surface area contributed by atoms with Gasteiger partial charge in [0.2, 0.25) is 0 Å². The van der Waals surface area contributed by atoms with Gasteiger partial charge in [-0.15, -0.1) is 0 Å². The SMILES string of the molecule is COC(CC(=O)O)CC1CCCC1. The van der Waals surface area contributed by atoms with E-state index in [2.05, 4.69) is 0 Å². The van der Waals surface area contributed by atoms with Gasteiger partial charge in [0, 0.05) is 7.11 Å². The minimum Gasteiger partial charge on any atom is -0.481 e. The largest absolute Gasteiger partial charge is 0.481 e. The quantitative estimate of drug-likeness (QED) is 0.714. The Morgan fingerprint density at radius 1 is 1.54 bits per heavy atom. The summed E-state index contributed by atoms with van der Waals surface area (Å²) in [5.41, 5.74) is 0. The molecule has 76 valence electrons. The molecule has 3 nitrogen and oxygen atoms in total. The highest BCUT2D eigenvalue weighted by Gasteiger charge is 2.21. The molecule has 0 aliphatic heterocycles. The molecule has 0 radical (unpaired) electrons. The Morgan fingerprint density at radius 2 is 2.15 bits per heavy atom. The van der Waals surface area contributed by atoms with Gasteiger partial charge in [-0.1, -0.05) is 25.7 Å². The van der Waals surface area contributed by atoms with Gasteiger partial charge >= 0.3 is 5.97 Å². The van der Waals surface area contributed by atoms with Gasteiger partial charge in [-0.2, -0.15) is 0 Å². The molecule has 1 atom stereocenters. The third-order valence-corrected chi connectivity index (χ3v) is 2.81. The molecule has 0 aromatic carbocycles. The van der Waals surface area contributed by atoms with Crippen molar-refractivity contribution in [1.29, 1.82) is 0 Å². The van der Waals surface area contributed by atoms with E-state index >= 15 is 0 Å². The van der Waals surface area contributed by atoms with Gasteiger partial charge in [0.05, 0.1) is 12.5 Å². The first-order valence-electron chi connectivity index (χ1n) is 4.97. The first-order valence-corrected chi connectivity index (χ1v) is 4.97. The minimum absolute atomic E-state index is 0.0828. The number of methoxy groups -OCH3 is 1. The van der Waals surface area contributed by atoms with E-state index in [1.807, 2.05) is 0 Å². The Labute approximate surface area is 79.1 Å². The number of ether oxygens (including phenoxy) is 1. The van der Waals surface area contributed by atoms with Crippen LogP contribution in [0.25, 0.3) is 0 Å². The zero-order chi connectivity index (χ0) is 9.68. The van der Waals surface area contributed by atoms with Crippen molar-refractivity contribution in [2.24, 2.45) is 5.92 Å². The van der Waals surface area contributed by atoms with Gasteiger partial charge in [0.25, 0.3) is 0 Å². The molecule has 1 aliphatic carbocycles. The lowest BCUT2D eigenvalue weighted by Crippen LogP contribution is -2.18. The Morgan fingerprint density at radius 3 is 2.62 bits per heavy atom. The van der Waals surface area contributed by atoms with Crippen molar-refractivity contribution in [3.05, 3.63) is 0 Å². The first kappa shape index (κ1) is 10.5. The van der Waals surface area contributed by atoms with Gasteiger partial charge < -0.3 is 9.84 Å². The van der Waals surface area contributed by atoms with Crippen molar-refractivity contribution >= 4 is 5.97 Å². The fraction of sp³-hybridized carbons (Fsp3) is 0.900. The molecule has 0 spiro atoms. The molecule has 1 unspecified atom stereocenters. The Hall–Kier alpha value is -0.570. The van der Waals surface area contributed by atoms with E-state index in [0.717, 1.165) is 6.42 Å². The third kappa shape index (κ3) is 3.77. The molecule has 13 heavy (non-hydrogen) atoms. The zero-order valence-corrected chi connectivity index (χ0v) is 8.16. The van der Waals surface area contributed by atoms with Gasteiger partial charge in [-0.05, 0) is 12.3 Å². The number of carboxylic acids is 1. The highest BCUT2D eigenvalue weighted by Crippen LogP contribution is 2.29. The maximum absolute atomic E-state index is 10.5. The summed E-state index contributed by atoms with van der Waals surface area (Å²) in [7, 11) is 1.60. The summed E-state index contributed by atoms with van der Waals surface area (Å²) < 4.78 is 5.14. The first-order chi connectivity index (χ1) is 6.22. The molecule has 0 saturated heterocycles. The Balaban J connectivity index is 2.25. The maximum Gasteiger partial charge on any atom is 0.305 e. The van der Waals surface area contributed by atoms with Crippen molar-refractivity contribution in [3.63, 3.8) is 0 Å². The predicted molar refractivity (Wildman–Crippen MR) is 49.6 cm³/mol. The number of rotatable bonds is 5. The molecule has 0 bridgehead atoms. The third-order valence-electron chi connectivity index (χ3n) is 2.81. The molecule has 1 fully saturated rings. The molecule has 3 heteroatoms. The average molecular weight is 186 g/mol. The normalized spacial score (nSPS) is 20.4. The number of hydrogen-bond acceptors (Lipinski definition) is 2. The molecule has 1 saturated carbocycles. The lowest BCUT2D eigenvalue weighted by molar-refractivity contribution is -0.140. The van der Waals surface area contributed by atoms with Crippen LogP contribution >= 0.6 is 0 Å². The van der Waals surface area contributed by atoms with Crippen LogP contribution in [-0.2, 0) is 9.53 Å². The molecule has 1 N–H and O–H groups in total. The fourth-order valence-electron chi connectivity index (χ4n) is 2.08. The Kier molecular flexibility index (Phi) is 4.22. The van der Waals surface area contributed by atoms with Crippen LogP contribution in [0.2, 0.25) is 0 Å². The monoisotopic (exact) mass is 186 g/mol. The van der Waals surface area contributed by atoms with Crippen molar-refractivity contribution in [3.8, 4) is 0 Å². The number of hydrogen-bond donors (Lipinski definition) is 1. The molecule has 0 aromatic heterocycles. The van der Waals surface area contributed by atoms with Crippen molar-refractivity contribution in [2.45, 2.75) is 44.6 Å². The van der Waals surface area contributed by atoms with Crippen LogP contribution in [0.1, 0.15) is 38.5 Å². The van der Waals surface area contributed by atoms with Gasteiger partial charge in [0.15, 0.2) is 0 Å². The molecular formula is C10H18O3. The van der Waals surface area contributed by atoms with Crippen LogP contribution in [0.3, 0.4) is 0 Å². The number of aliphatic carboxylic acids is 1. The van der Waals surface area contributed by atoms with Crippen LogP contribution in [0.15, 0.2) is 0 Å². The minimum atomic E-state index is -0.759. The van der Waals surface area contributed by atoms with Crippen molar-refractivity contribution in [2.75, 3.05) is 7.11 Å². The predicted octanol–water partition coefficient (Wildman–Crippen LogP) is 2.06. The van der Waals surface area contributed by atoms with E-state index in [-0.39, 0.29) is 12.5 Å². The fourth-order valence-corrected chi connectivity index (χ4v) is 2.08. The summed E-state index contributed by atoms with van der Waals surface area (Å²) in [6, 6.07) is 0. The second kappa shape index (κ2) is 5.22. The number of carboxylic acid groups (broad SMARTS) is 1. The second-order valence-corrected chi connectivity index (χ2v) is 3.84. The van der Waals surface area contributed by atoms with E-state index in [1.54, 1.807) is 7.11 Å². The van der Waals surface area contributed by atoms with E-state index in [0.29, 0.717) is 5.92 Å². The molecule has 1 aliphatic rings.